The summed E-state index contributed by atoms with van der Waals surface area (Å²) in [4.78, 5) is 12.9. The number of carboxylic acid groups (broad SMARTS) is 1. The molecule has 0 aliphatic heterocycles. The molecule has 0 fully saturated rings. The van der Waals surface area contributed by atoms with E-state index >= 15 is 0 Å². The Kier molecular flexibility index (Phi) is 4.17. The van der Waals surface area contributed by atoms with Crippen molar-refractivity contribution in [3.8, 4) is 0 Å². The van der Waals surface area contributed by atoms with E-state index in [-0.39, 0.29) is 0 Å². The van der Waals surface area contributed by atoms with Crippen LogP contribution in [0.1, 0.15) is 13.3 Å². The number of nitrogens with one attached hydrogen (secondary N) is 1. The lowest BCUT2D eigenvalue weighted by Crippen LogP contribution is -2.29. The predicted molar refractivity (Wildman–Crippen MR) is 66.1 cm³/mol. The van der Waals surface area contributed by atoms with Gasteiger partial charge in [-0.15, -0.1) is 0 Å². The standard InChI is InChI=1S/C12H18N2O2/c1-4-9(12(15)16)13-10-7-5-6-8-11(10)14(2)3/h5-9,13H,4H2,1-3H3,(H,15,16). The van der Waals surface area contributed by atoms with Gasteiger partial charge in [-0.25, -0.2) is 4.79 Å². The Labute approximate surface area is 95.9 Å². The van der Waals surface area contributed by atoms with Gasteiger partial charge in [0.1, 0.15) is 6.04 Å². The maximum Gasteiger partial charge on any atom is 0.326 e. The van der Waals surface area contributed by atoms with Crippen LogP contribution >= 0.6 is 0 Å². The molecule has 0 saturated carbocycles. The Morgan fingerprint density at radius 3 is 2.56 bits per heavy atom. The molecule has 2 N–H and O–H groups in total. The Hall–Kier alpha value is -1.71. The minimum absolute atomic E-state index is 0.541. The molecule has 1 aromatic carbocycles. The highest BCUT2D eigenvalue weighted by molar-refractivity contribution is 5.80. The molecule has 1 unspecified atom stereocenters. The highest BCUT2D eigenvalue weighted by atomic mass is 16.4. The summed E-state index contributed by atoms with van der Waals surface area (Å²) >= 11 is 0. The molecule has 0 aliphatic rings. The van der Waals surface area contributed by atoms with Crippen LogP contribution in [0.4, 0.5) is 11.4 Å². The average molecular weight is 222 g/mol. The molecule has 0 aromatic heterocycles. The van der Waals surface area contributed by atoms with Gasteiger partial charge in [-0.05, 0) is 18.6 Å². The summed E-state index contributed by atoms with van der Waals surface area (Å²) in [5.74, 6) is -0.823. The molecule has 0 spiro atoms. The number of hydrogen-bond donors (Lipinski definition) is 2. The van der Waals surface area contributed by atoms with Crippen molar-refractivity contribution >= 4 is 17.3 Å². The molecule has 1 atom stereocenters. The first kappa shape index (κ1) is 12.4. The van der Waals surface area contributed by atoms with Crippen LogP contribution in [0.5, 0.6) is 0 Å². The van der Waals surface area contributed by atoms with Gasteiger partial charge in [0, 0.05) is 14.1 Å². The predicted octanol–water partition coefficient (Wildman–Crippen LogP) is 2.03. The second-order valence-electron chi connectivity index (χ2n) is 3.85. The van der Waals surface area contributed by atoms with Gasteiger partial charge in [0.15, 0.2) is 0 Å². The van der Waals surface area contributed by atoms with Gasteiger partial charge in [-0.2, -0.15) is 0 Å². The Morgan fingerprint density at radius 2 is 2.06 bits per heavy atom. The SMILES string of the molecule is CCC(Nc1ccccc1N(C)C)C(=O)O. The van der Waals surface area contributed by atoms with Gasteiger partial charge < -0.3 is 15.3 Å². The van der Waals surface area contributed by atoms with E-state index in [0.717, 1.165) is 11.4 Å². The van der Waals surface area contributed by atoms with E-state index in [0.29, 0.717) is 6.42 Å². The van der Waals surface area contributed by atoms with Crippen molar-refractivity contribution < 1.29 is 9.90 Å². The van der Waals surface area contributed by atoms with E-state index in [1.807, 2.05) is 50.2 Å². The minimum Gasteiger partial charge on any atom is -0.480 e. The molecule has 0 saturated heterocycles. The fraction of sp³-hybridized carbons (Fsp3) is 0.417. The van der Waals surface area contributed by atoms with E-state index in [2.05, 4.69) is 5.32 Å². The molecule has 4 heteroatoms. The number of carboxylic acids is 1. The number of para-hydroxylation sites is 2. The molecule has 0 aliphatic carbocycles. The summed E-state index contributed by atoms with van der Waals surface area (Å²) in [7, 11) is 3.87. The zero-order valence-electron chi connectivity index (χ0n) is 9.90. The summed E-state index contributed by atoms with van der Waals surface area (Å²) in [6, 6.07) is 7.13. The van der Waals surface area contributed by atoms with Crippen molar-refractivity contribution in [1.82, 2.24) is 0 Å². The topological polar surface area (TPSA) is 52.6 Å². The van der Waals surface area contributed by atoms with E-state index in [1.54, 1.807) is 0 Å². The van der Waals surface area contributed by atoms with E-state index in [1.165, 1.54) is 0 Å². The number of nitrogens with zero attached hydrogens (tertiary/aromatic N) is 1. The van der Waals surface area contributed by atoms with Crippen molar-refractivity contribution in [2.45, 2.75) is 19.4 Å². The van der Waals surface area contributed by atoms with Gasteiger partial charge >= 0.3 is 5.97 Å². The van der Waals surface area contributed by atoms with E-state index in [9.17, 15) is 4.79 Å². The van der Waals surface area contributed by atoms with Gasteiger partial charge in [0.2, 0.25) is 0 Å². The molecule has 4 nitrogen and oxygen atoms in total. The Bertz CT molecular complexity index is 364. The number of rotatable bonds is 5. The lowest BCUT2D eigenvalue weighted by atomic mass is 10.2. The lowest BCUT2D eigenvalue weighted by Gasteiger charge is -2.21. The number of benzene rings is 1. The summed E-state index contributed by atoms with van der Waals surface area (Å²) in [5.41, 5.74) is 1.84. The van der Waals surface area contributed by atoms with Gasteiger partial charge in [0.25, 0.3) is 0 Å². The Morgan fingerprint density at radius 1 is 1.44 bits per heavy atom. The van der Waals surface area contributed by atoms with E-state index < -0.39 is 12.0 Å². The van der Waals surface area contributed by atoms with Crippen LogP contribution in [0, 0.1) is 0 Å². The van der Waals surface area contributed by atoms with Crippen LogP contribution in [0.15, 0.2) is 24.3 Å². The number of carbonyl (C=O) groups is 1. The Balaban J connectivity index is 2.91. The fourth-order valence-electron chi connectivity index (χ4n) is 1.51. The van der Waals surface area contributed by atoms with Crippen LogP contribution in [0.2, 0.25) is 0 Å². The third kappa shape index (κ3) is 2.89. The molecule has 1 aromatic rings. The zero-order chi connectivity index (χ0) is 12.1. The van der Waals surface area contributed by atoms with Crippen LogP contribution in [0.25, 0.3) is 0 Å². The van der Waals surface area contributed by atoms with Crippen molar-refractivity contribution in [3.63, 3.8) is 0 Å². The maximum absolute atomic E-state index is 10.9. The first-order valence-electron chi connectivity index (χ1n) is 5.32. The minimum atomic E-state index is -0.823. The molecular weight excluding hydrogens is 204 g/mol. The molecule has 88 valence electrons. The molecule has 0 heterocycles. The monoisotopic (exact) mass is 222 g/mol. The molecule has 16 heavy (non-hydrogen) atoms. The third-order valence-corrected chi connectivity index (χ3v) is 2.42. The lowest BCUT2D eigenvalue weighted by molar-refractivity contribution is -0.137. The number of anilines is 2. The third-order valence-electron chi connectivity index (χ3n) is 2.42. The van der Waals surface area contributed by atoms with Gasteiger partial charge in [-0.1, -0.05) is 19.1 Å². The van der Waals surface area contributed by atoms with Crippen molar-refractivity contribution in [2.24, 2.45) is 0 Å². The van der Waals surface area contributed by atoms with Gasteiger partial charge in [0.05, 0.1) is 11.4 Å². The summed E-state index contributed by atoms with van der Waals surface area (Å²) in [6.45, 7) is 1.85. The second kappa shape index (κ2) is 5.39. The molecular formula is C12H18N2O2. The van der Waals surface area contributed by atoms with Crippen molar-refractivity contribution in [3.05, 3.63) is 24.3 Å². The quantitative estimate of drug-likeness (QED) is 0.800. The molecule has 0 amide bonds. The number of aliphatic carboxylic acids is 1. The highest BCUT2D eigenvalue weighted by Gasteiger charge is 2.16. The number of hydrogen-bond acceptors (Lipinski definition) is 3. The van der Waals surface area contributed by atoms with E-state index in [4.69, 9.17) is 5.11 Å². The maximum atomic E-state index is 10.9. The molecule has 0 bridgehead atoms. The second-order valence-corrected chi connectivity index (χ2v) is 3.85. The zero-order valence-corrected chi connectivity index (χ0v) is 9.90. The fourth-order valence-corrected chi connectivity index (χ4v) is 1.51. The summed E-state index contributed by atoms with van der Waals surface area (Å²) in [6.07, 6.45) is 0.553. The van der Waals surface area contributed by atoms with Crippen LogP contribution < -0.4 is 10.2 Å². The van der Waals surface area contributed by atoms with Crippen LogP contribution in [-0.2, 0) is 4.79 Å². The smallest absolute Gasteiger partial charge is 0.326 e. The summed E-state index contributed by atoms with van der Waals surface area (Å²) in [5, 5.41) is 12.0. The largest absolute Gasteiger partial charge is 0.480 e. The molecule has 1 rings (SSSR count). The first-order chi connectivity index (χ1) is 7.56. The average Bonchev–Trinajstić information content (AvgIpc) is 2.25. The van der Waals surface area contributed by atoms with Crippen LogP contribution in [0.3, 0.4) is 0 Å². The summed E-state index contributed by atoms with van der Waals surface area (Å²) < 4.78 is 0. The normalized spacial score (nSPS) is 11.9. The van der Waals surface area contributed by atoms with Gasteiger partial charge in [-0.3, -0.25) is 0 Å². The molecule has 0 radical (unpaired) electrons. The van der Waals surface area contributed by atoms with Crippen molar-refractivity contribution in [1.29, 1.82) is 0 Å². The first-order valence-corrected chi connectivity index (χ1v) is 5.32. The van der Waals surface area contributed by atoms with Crippen LogP contribution in [-0.4, -0.2) is 31.2 Å². The highest BCUT2D eigenvalue weighted by Crippen LogP contribution is 2.24. The van der Waals surface area contributed by atoms with Crippen molar-refractivity contribution in [2.75, 3.05) is 24.3 Å².